The van der Waals surface area contributed by atoms with Gasteiger partial charge in [0.25, 0.3) is 0 Å². The summed E-state index contributed by atoms with van der Waals surface area (Å²) in [6.07, 6.45) is 3.52. The number of nitrogens with zero attached hydrogens (tertiary/aromatic N) is 2. The second-order valence-corrected chi connectivity index (χ2v) is 3.45. The van der Waals surface area contributed by atoms with Crippen LogP contribution >= 0.6 is 0 Å². The lowest BCUT2D eigenvalue weighted by molar-refractivity contribution is 0.550. The Balaban J connectivity index is 2.05. The molecule has 0 radical (unpaired) electrons. The Kier molecular flexibility index (Phi) is 5.11. The van der Waals surface area contributed by atoms with E-state index < -0.39 is 0 Å². The van der Waals surface area contributed by atoms with Crippen LogP contribution in [0, 0.1) is 0 Å². The molecule has 1 aromatic rings. The van der Waals surface area contributed by atoms with Gasteiger partial charge < -0.3 is 10.6 Å². The van der Waals surface area contributed by atoms with E-state index in [1.807, 2.05) is 6.07 Å². The molecule has 0 aliphatic rings. The van der Waals surface area contributed by atoms with Gasteiger partial charge in [0, 0.05) is 31.5 Å². The van der Waals surface area contributed by atoms with E-state index in [-0.39, 0.29) is 0 Å². The molecule has 0 atom stereocenters. The maximum Gasteiger partial charge on any atom is 0.141 e. The summed E-state index contributed by atoms with van der Waals surface area (Å²) in [7, 11) is 0. The van der Waals surface area contributed by atoms with Crippen molar-refractivity contribution >= 4 is 0 Å². The van der Waals surface area contributed by atoms with Gasteiger partial charge >= 0.3 is 0 Å². The Morgan fingerprint density at radius 1 is 1.21 bits per heavy atom. The molecule has 0 aliphatic heterocycles. The first-order valence-corrected chi connectivity index (χ1v) is 4.99. The second kappa shape index (κ2) is 6.45. The molecule has 0 aromatic carbocycles. The van der Waals surface area contributed by atoms with Crippen LogP contribution in [0.5, 0.6) is 0 Å². The second-order valence-electron chi connectivity index (χ2n) is 3.45. The summed E-state index contributed by atoms with van der Waals surface area (Å²) in [4.78, 5) is 8.23. The van der Waals surface area contributed by atoms with Crippen molar-refractivity contribution in [2.75, 3.05) is 13.1 Å². The van der Waals surface area contributed by atoms with Gasteiger partial charge in [0.15, 0.2) is 0 Å². The summed E-state index contributed by atoms with van der Waals surface area (Å²) >= 11 is 0. The first-order chi connectivity index (χ1) is 6.79. The van der Waals surface area contributed by atoms with Crippen LogP contribution in [-0.2, 0) is 6.54 Å². The van der Waals surface area contributed by atoms with Crippen molar-refractivity contribution in [3.63, 3.8) is 0 Å². The summed E-state index contributed by atoms with van der Waals surface area (Å²) in [6, 6.07) is 2.37. The third kappa shape index (κ3) is 4.89. The SMILES string of the molecule is CC(C)NCCNCc1ncccn1. The highest BCUT2D eigenvalue weighted by molar-refractivity contribution is 4.87. The molecule has 0 aliphatic carbocycles. The predicted octanol–water partition coefficient (Wildman–Crippen LogP) is 0.564. The molecule has 1 rings (SSSR count). The van der Waals surface area contributed by atoms with Gasteiger partial charge in [-0.05, 0) is 6.07 Å². The van der Waals surface area contributed by atoms with Crippen molar-refractivity contribution in [1.82, 2.24) is 20.6 Å². The topological polar surface area (TPSA) is 49.8 Å². The highest BCUT2D eigenvalue weighted by Gasteiger charge is 1.94. The van der Waals surface area contributed by atoms with E-state index in [1.165, 1.54) is 0 Å². The zero-order valence-electron chi connectivity index (χ0n) is 8.83. The molecule has 0 amide bonds. The number of aromatic nitrogens is 2. The Morgan fingerprint density at radius 2 is 1.93 bits per heavy atom. The summed E-state index contributed by atoms with van der Waals surface area (Å²) < 4.78 is 0. The maximum absolute atomic E-state index is 4.12. The van der Waals surface area contributed by atoms with E-state index in [4.69, 9.17) is 0 Å². The fraction of sp³-hybridized carbons (Fsp3) is 0.600. The third-order valence-electron chi connectivity index (χ3n) is 1.76. The van der Waals surface area contributed by atoms with Gasteiger partial charge in [-0.2, -0.15) is 0 Å². The minimum absolute atomic E-state index is 0.546. The highest BCUT2D eigenvalue weighted by Crippen LogP contribution is 1.85. The van der Waals surface area contributed by atoms with E-state index >= 15 is 0 Å². The molecule has 0 saturated heterocycles. The number of rotatable bonds is 6. The Labute approximate surface area is 85.2 Å². The molecule has 0 fully saturated rings. The summed E-state index contributed by atoms with van der Waals surface area (Å²) in [5.41, 5.74) is 0. The molecular weight excluding hydrogens is 176 g/mol. The lowest BCUT2D eigenvalue weighted by Gasteiger charge is -2.08. The summed E-state index contributed by atoms with van der Waals surface area (Å²) in [5, 5.41) is 6.60. The maximum atomic E-state index is 4.12. The quantitative estimate of drug-likeness (QED) is 0.650. The van der Waals surface area contributed by atoms with E-state index in [9.17, 15) is 0 Å². The van der Waals surface area contributed by atoms with Gasteiger partial charge in [0.2, 0.25) is 0 Å². The number of nitrogens with one attached hydrogen (secondary N) is 2. The van der Waals surface area contributed by atoms with E-state index in [2.05, 4.69) is 34.4 Å². The average molecular weight is 194 g/mol. The molecule has 4 heteroatoms. The fourth-order valence-electron chi connectivity index (χ4n) is 1.07. The molecule has 0 spiro atoms. The molecule has 4 nitrogen and oxygen atoms in total. The van der Waals surface area contributed by atoms with E-state index in [0.717, 1.165) is 25.5 Å². The van der Waals surface area contributed by atoms with Crippen LogP contribution in [0.15, 0.2) is 18.5 Å². The van der Waals surface area contributed by atoms with Crippen LogP contribution in [-0.4, -0.2) is 29.1 Å². The van der Waals surface area contributed by atoms with Crippen molar-refractivity contribution in [3.05, 3.63) is 24.3 Å². The van der Waals surface area contributed by atoms with Crippen LogP contribution in [0.3, 0.4) is 0 Å². The van der Waals surface area contributed by atoms with Gasteiger partial charge in [0.1, 0.15) is 5.82 Å². The normalized spacial score (nSPS) is 10.8. The average Bonchev–Trinajstić information content (AvgIpc) is 2.18. The highest BCUT2D eigenvalue weighted by atomic mass is 15.0. The van der Waals surface area contributed by atoms with E-state index in [0.29, 0.717) is 6.04 Å². The van der Waals surface area contributed by atoms with Gasteiger partial charge in [-0.3, -0.25) is 0 Å². The molecule has 2 N–H and O–H groups in total. The zero-order chi connectivity index (χ0) is 10.2. The lowest BCUT2D eigenvalue weighted by Crippen LogP contribution is -2.31. The van der Waals surface area contributed by atoms with Crippen molar-refractivity contribution in [2.24, 2.45) is 0 Å². The Bertz CT molecular complexity index is 235. The molecular formula is C10H18N4. The van der Waals surface area contributed by atoms with Gasteiger partial charge in [-0.25, -0.2) is 9.97 Å². The van der Waals surface area contributed by atoms with Crippen molar-refractivity contribution in [2.45, 2.75) is 26.4 Å². The van der Waals surface area contributed by atoms with Crippen LogP contribution in [0.4, 0.5) is 0 Å². The molecule has 78 valence electrons. The van der Waals surface area contributed by atoms with E-state index in [1.54, 1.807) is 12.4 Å². The minimum Gasteiger partial charge on any atom is -0.313 e. The zero-order valence-corrected chi connectivity index (χ0v) is 8.83. The molecule has 0 saturated carbocycles. The van der Waals surface area contributed by atoms with Gasteiger partial charge in [-0.15, -0.1) is 0 Å². The minimum atomic E-state index is 0.546. The van der Waals surface area contributed by atoms with Crippen LogP contribution < -0.4 is 10.6 Å². The standard InChI is InChI=1S/C10H18N4/c1-9(2)12-7-6-11-8-10-13-4-3-5-14-10/h3-5,9,11-12H,6-8H2,1-2H3. The van der Waals surface area contributed by atoms with Crippen molar-refractivity contribution < 1.29 is 0 Å². The summed E-state index contributed by atoms with van der Waals surface area (Å²) in [5.74, 6) is 0.844. The first-order valence-electron chi connectivity index (χ1n) is 4.99. The van der Waals surface area contributed by atoms with Crippen LogP contribution in [0.2, 0.25) is 0 Å². The number of hydrogen-bond donors (Lipinski definition) is 2. The predicted molar refractivity (Wildman–Crippen MR) is 56.9 cm³/mol. The molecule has 1 aromatic heterocycles. The molecule has 14 heavy (non-hydrogen) atoms. The van der Waals surface area contributed by atoms with Crippen molar-refractivity contribution in [1.29, 1.82) is 0 Å². The largest absolute Gasteiger partial charge is 0.313 e. The Hall–Kier alpha value is -1.00. The first kappa shape index (κ1) is 11.1. The van der Waals surface area contributed by atoms with Crippen LogP contribution in [0.1, 0.15) is 19.7 Å². The summed E-state index contributed by atoms with van der Waals surface area (Å²) in [6.45, 7) is 6.93. The Morgan fingerprint density at radius 3 is 2.57 bits per heavy atom. The lowest BCUT2D eigenvalue weighted by atomic mass is 10.4. The molecule has 1 heterocycles. The number of hydrogen-bond acceptors (Lipinski definition) is 4. The molecule has 0 unspecified atom stereocenters. The molecule has 0 bridgehead atoms. The van der Waals surface area contributed by atoms with Crippen molar-refractivity contribution in [3.8, 4) is 0 Å². The van der Waals surface area contributed by atoms with Gasteiger partial charge in [-0.1, -0.05) is 13.8 Å². The third-order valence-corrected chi connectivity index (χ3v) is 1.76. The van der Waals surface area contributed by atoms with Gasteiger partial charge in [0.05, 0.1) is 6.54 Å². The smallest absolute Gasteiger partial charge is 0.141 e. The fourth-order valence-corrected chi connectivity index (χ4v) is 1.07. The monoisotopic (exact) mass is 194 g/mol. The van der Waals surface area contributed by atoms with Crippen LogP contribution in [0.25, 0.3) is 0 Å².